The molecule has 0 bridgehead atoms. The van der Waals surface area contributed by atoms with Crippen molar-refractivity contribution in [1.82, 2.24) is 14.8 Å². The normalized spacial score (nSPS) is 28.3. The third-order valence-electron chi connectivity index (χ3n) is 5.34. The molecular formula is C18H27N3O4. The Labute approximate surface area is 148 Å². The van der Waals surface area contributed by atoms with E-state index in [0.29, 0.717) is 26.1 Å². The maximum atomic E-state index is 12.4. The van der Waals surface area contributed by atoms with Crippen LogP contribution in [0.2, 0.25) is 0 Å². The minimum absolute atomic E-state index is 0.108. The molecule has 0 aliphatic carbocycles. The van der Waals surface area contributed by atoms with Gasteiger partial charge in [0.2, 0.25) is 5.91 Å². The van der Waals surface area contributed by atoms with Gasteiger partial charge in [-0.25, -0.2) is 0 Å². The summed E-state index contributed by atoms with van der Waals surface area (Å²) in [5, 5.41) is 20.0. The van der Waals surface area contributed by atoms with Crippen LogP contribution in [0, 0.1) is 0 Å². The summed E-state index contributed by atoms with van der Waals surface area (Å²) in [7, 11) is 1.96. The second kappa shape index (κ2) is 8.23. The van der Waals surface area contributed by atoms with Crippen LogP contribution in [0.5, 0.6) is 0 Å². The molecule has 0 radical (unpaired) electrons. The fourth-order valence-corrected chi connectivity index (χ4v) is 3.68. The second-order valence-corrected chi connectivity index (χ2v) is 6.94. The molecule has 0 unspecified atom stereocenters. The third-order valence-corrected chi connectivity index (χ3v) is 5.34. The molecule has 0 saturated carbocycles. The van der Waals surface area contributed by atoms with Crippen molar-refractivity contribution in [1.29, 1.82) is 0 Å². The predicted octanol–water partition coefficient (Wildman–Crippen LogP) is -0.332. The average molecular weight is 349 g/mol. The van der Waals surface area contributed by atoms with Gasteiger partial charge in [0.15, 0.2) is 0 Å². The number of aliphatic hydroxyl groups excluding tert-OH is 2. The third kappa shape index (κ3) is 4.36. The molecule has 1 aromatic rings. The molecule has 138 valence electrons. The molecule has 2 fully saturated rings. The number of aromatic nitrogens is 1. The molecule has 2 saturated heterocycles. The van der Waals surface area contributed by atoms with Crippen LogP contribution in [0.3, 0.4) is 0 Å². The lowest BCUT2D eigenvalue weighted by molar-refractivity contribution is -0.141. The van der Waals surface area contributed by atoms with Crippen LogP contribution in [0.25, 0.3) is 0 Å². The smallest absolute Gasteiger partial charge is 0.228 e. The Morgan fingerprint density at radius 1 is 1.32 bits per heavy atom. The van der Waals surface area contributed by atoms with Crippen molar-refractivity contribution in [2.24, 2.45) is 0 Å². The summed E-state index contributed by atoms with van der Waals surface area (Å²) < 4.78 is 5.38. The molecule has 1 aromatic heterocycles. The number of likely N-dealkylation sites (tertiary alicyclic amines) is 1. The van der Waals surface area contributed by atoms with Gasteiger partial charge in [-0.3, -0.25) is 14.7 Å². The van der Waals surface area contributed by atoms with Gasteiger partial charge in [0.05, 0.1) is 31.8 Å². The number of carbonyl (C=O) groups is 1. The Balaban J connectivity index is 1.50. The van der Waals surface area contributed by atoms with Crippen LogP contribution in [0.4, 0.5) is 0 Å². The molecule has 2 aliphatic rings. The van der Waals surface area contributed by atoms with Crippen molar-refractivity contribution < 1.29 is 19.7 Å². The first-order valence-electron chi connectivity index (χ1n) is 8.89. The highest BCUT2D eigenvalue weighted by Crippen LogP contribution is 2.22. The standard InChI is InChI=1S/C18H27N3O4/c1-20(15-11-25-12-16(22)18(15)24)14-5-8-21(9-6-14)17(23)10-13-4-2-3-7-19-13/h2-4,7,14-16,18,22,24H,5-6,8-12H2,1H3/t15-,16-,18+/m1/s1. The van der Waals surface area contributed by atoms with Crippen LogP contribution in [0.1, 0.15) is 18.5 Å². The maximum absolute atomic E-state index is 12.4. The van der Waals surface area contributed by atoms with Crippen LogP contribution in [-0.2, 0) is 16.0 Å². The Morgan fingerprint density at radius 3 is 2.76 bits per heavy atom. The fraction of sp³-hybridized carbons (Fsp3) is 0.667. The number of hydrogen-bond acceptors (Lipinski definition) is 6. The van der Waals surface area contributed by atoms with E-state index in [9.17, 15) is 15.0 Å². The summed E-state index contributed by atoms with van der Waals surface area (Å²) in [6, 6.07) is 5.67. The van der Waals surface area contributed by atoms with Gasteiger partial charge < -0.3 is 19.8 Å². The van der Waals surface area contributed by atoms with Crippen molar-refractivity contribution in [3.8, 4) is 0 Å². The van der Waals surface area contributed by atoms with Gasteiger partial charge in [-0.05, 0) is 32.0 Å². The lowest BCUT2D eigenvalue weighted by Crippen LogP contribution is -2.58. The summed E-state index contributed by atoms with van der Waals surface area (Å²) in [6.07, 6.45) is 2.12. The Hall–Kier alpha value is -1.54. The summed E-state index contributed by atoms with van der Waals surface area (Å²) in [6.45, 7) is 2.01. The molecule has 3 heterocycles. The number of carbonyl (C=O) groups excluding carboxylic acids is 1. The molecule has 0 spiro atoms. The number of aliphatic hydroxyl groups is 2. The lowest BCUT2D eigenvalue weighted by atomic mass is 9.97. The van der Waals surface area contributed by atoms with Crippen LogP contribution >= 0.6 is 0 Å². The van der Waals surface area contributed by atoms with E-state index < -0.39 is 12.2 Å². The van der Waals surface area contributed by atoms with Crippen LogP contribution in [-0.4, -0.2) is 88.5 Å². The van der Waals surface area contributed by atoms with Crippen molar-refractivity contribution in [3.63, 3.8) is 0 Å². The van der Waals surface area contributed by atoms with Gasteiger partial charge in [0.25, 0.3) is 0 Å². The van der Waals surface area contributed by atoms with Gasteiger partial charge in [0, 0.05) is 31.0 Å². The van der Waals surface area contributed by atoms with Crippen molar-refractivity contribution in [2.45, 2.75) is 43.6 Å². The highest BCUT2D eigenvalue weighted by atomic mass is 16.5. The maximum Gasteiger partial charge on any atom is 0.228 e. The van der Waals surface area contributed by atoms with Gasteiger partial charge in [-0.15, -0.1) is 0 Å². The number of rotatable bonds is 4. The lowest BCUT2D eigenvalue weighted by Gasteiger charge is -2.44. The number of likely N-dealkylation sites (N-methyl/N-ethyl adjacent to an activating group) is 1. The molecule has 2 aliphatic heterocycles. The SMILES string of the molecule is CN(C1CCN(C(=O)Cc2ccccn2)CC1)[C@@H]1COC[C@@H](O)[C@H]1O. The number of piperidine rings is 1. The molecule has 2 N–H and O–H groups in total. The van der Waals surface area contributed by atoms with E-state index in [1.165, 1.54) is 0 Å². The van der Waals surface area contributed by atoms with Crippen molar-refractivity contribution >= 4 is 5.91 Å². The van der Waals surface area contributed by atoms with Gasteiger partial charge in [0.1, 0.15) is 6.10 Å². The molecule has 3 rings (SSSR count). The number of ether oxygens (including phenoxy) is 1. The highest BCUT2D eigenvalue weighted by molar-refractivity contribution is 5.78. The van der Waals surface area contributed by atoms with E-state index in [2.05, 4.69) is 9.88 Å². The molecule has 25 heavy (non-hydrogen) atoms. The number of hydrogen-bond donors (Lipinski definition) is 2. The Morgan fingerprint density at radius 2 is 2.08 bits per heavy atom. The largest absolute Gasteiger partial charge is 0.389 e. The monoisotopic (exact) mass is 349 g/mol. The van der Waals surface area contributed by atoms with Gasteiger partial charge in [-0.2, -0.15) is 0 Å². The topological polar surface area (TPSA) is 86.1 Å². The first kappa shape index (κ1) is 18.3. The van der Waals surface area contributed by atoms with E-state index >= 15 is 0 Å². The zero-order valence-corrected chi connectivity index (χ0v) is 14.6. The number of nitrogens with zero attached hydrogens (tertiary/aromatic N) is 3. The second-order valence-electron chi connectivity index (χ2n) is 6.94. The first-order valence-corrected chi connectivity index (χ1v) is 8.89. The molecule has 7 heteroatoms. The molecule has 0 aromatic carbocycles. The number of pyridine rings is 1. The summed E-state index contributed by atoms with van der Waals surface area (Å²) in [5.41, 5.74) is 0.795. The van der Waals surface area contributed by atoms with Crippen LogP contribution < -0.4 is 0 Å². The quantitative estimate of drug-likeness (QED) is 0.774. The minimum atomic E-state index is -0.832. The minimum Gasteiger partial charge on any atom is -0.389 e. The van der Waals surface area contributed by atoms with E-state index in [0.717, 1.165) is 18.5 Å². The van der Waals surface area contributed by atoms with Crippen molar-refractivity contribution in [2.75, 3.05) is 33.4 Å². The Kier molecular flexibility index (Phi) is 6.01. The first-order chi connectivity index (χ1) is 12.1. The van der Waals surface area contributed by atoms with E-state index in [1.807, 2.05) is 30.1 Å². The van der Waals surface area contributed by atoms with Gasteiger partial charge in [-0.1, -0.05) is 6.07 Å². The Bertz CT molecular complexity index is 563. The zero-order valence-electron chi connectivity index (χ0n) is 14.6. The highest BCUT2D eigenvalue weighted by Gasteiger charge is 2.37. The van der Waals surface area contributed by atoms with Gasteiger partial charge >= 0.3 is 0 Å². The number of amides is 1. The van der Waals surface area contributed by atoms with E-state index in [-0.39, 0.29) is 24.6 Å². The molecule has 3 atom stereocenters. The summed E-state index contributed by atoms with van der Waals surface area (Å²) >= 11 is 0. The fourth-order valence-electron chi connectivity index (χ4n) is 3.68. The molecule has 7 nitrogen and oxygen atoms in total. The molecular weight excluding hydrogens is 322 g/mol. The van der Waals surface area contributed by atoms with Crippen LogP contribution in [0.15, 0.2) is 24.4 Å². The zero-order chi connectivity index (χ0) is 17.8. The predicted molar refractivity (Wildman–Crippen MR) is 91.9 cm³/mol. The summed E-state index contributed by atoms with van der Waals surface area (Å²) in [4.78, 5) is 20.6. The summed E-state index contributed by atoms with van der Waals surface area (Å²) in [5.74, 6) is 0.108. The van der Waals surface area contributed by atoms with Crippen molar-refractivity contribution in [3.05, 3.63) is 30.1 Å². The van der Waals surface area contributed by atoms with E-state index in [1.54, 1.807) is 6.20 Å². The van der Waals surface area contributed by atoms with E-state index in [4.69, 9.17) is 4.74 Å². The molecule has 1 amide bonds. The average Bonchev–Trinajstić information content (AvgIpc) is 2.64.